The van der Waals surface area contributed by atoms with Gasteiger partial charge in [0.2, 0.25) is 0 Å². The summed E-state index contributed by atoms with van der Waals surface area (Å²) in [5, 5.41) is 7.19. The van der Waals surface area contributed by atoms with Crippen molar-refractivity contribution in [1.29, 1.82) is 0 Å². The summed E-state index contributed by atoms with van der Waals surface area (Å²) in [4.78, 5) is 17.4. The van der Waals surface area contributed by atoms with Crippen molar-refractivity contribution in [3.63, 3.8) is 0 Å². The molecule has 3 aromatic heterocycles. The lowest BCUT2D eigenvalue weighted by Gasteiger charge is -2.22. The van der Waals surface area contributed by atoms with Gasteiger partial charge >= 0.3 is 0 Å². The Morgan fingerprint density at radius 3 is 2.79 bits per heavy atom. The van der Waals surface area contributed by atoms with Gasteiger partial charge in [0.05, 0.1) is 36.5 Å². The Hall–Kier alpha value is -3.52. The van der Waals surface area contributed by atoms with Gasteiger partial charge in [-0.25, -0.2) is 4.39 Å². The van der Waals surface area contributed by atoms with Crippen LogP contribution in [-0.2, 0) is 18.3 Å². The van der Waals surface area contributed by atoms with E-state index < -0.39 is 0 Å². The van der Waals surface area contributed by atoms with Crippen molar-refractivity contribution in [3.05, 3.63) is 72.1 Å². The van der Waals surface area contributed by atoms with Crippen LogP contribution < -0.4 is 5.32 Å². The maximum absolute atomic E-state index is 15.0. The number of carbonyl (C=O) groups excluding carboxylic acids is 1. The minimum Gasteiger partial charge on any atom is -0.379 e. The molecule has 1 fully saturated rings. The van der Waals surface area contributed by atoms with Crippen LogP contribution in [0, 0.1) is 5.82 Å². The normalized spacial score (nSPS) is 15.6. The molecule has 0 spiro atoms. The maximum atomic E-state index is 15.0. The van der Waals surface area contributed by atoms with Crippen molar-refractivity contribution < 1.29 is 13.9 Å². The summed E-state index contributed by atoms with van der Waals surface area (Å²) in [5.74, 6) is -0.488. The zero-order valence-electron chi connectivity index (χ0n) is 19.8. The van der Waals surface area contributed by atoms with E-state index in [1.165, 1.54) is 6.07 Å². The van der Waals surface area contributed by atoms with Crippen LogP contribution in [0.15, 0.2) is 55.1 Å². The highest BCUT2D eigenvalue weighted by atomic mass is 19.1. The zero-order chi connectivity index (χ0) is 24.1. The Morgan fingerprint density at radius 1 is 1.24 bits per heavy atom. The third-order valence-corrected chi connectivity index (χ3v) is 5.81. The number of aromatic nitrogens is 4. The molecule has 1 atom stereocenters. The Balaban J connectivity index is 0.00000133. The lowest BCUT2D eigenvalue weighted by molar-refractivity contribution is 0.0624. The fraction of sp³-hybridized carbons (Fsp3) is 0.346. The standard InChI is InChI=1S/C24H24FN5O2.C2H6/c1-29-12-18(11-27-29)16-6-7-17(21(25)10-16)13-30-14-20(23-22(30)5-2-8-26-23)24(31)28-19-4-3-9-32-15-19;1-2/h2,5-8,10-12,14,19H,3-4,9,13,15H2,1H3,(H,28,31);1-2H3. The summed E-state index contributed by atoms with van der Waals surface area (Å²) in [6, 6.07) is 8.89. The number of aryl methyl sites for hydroxylation is 1. The number of carbonyl (C=O) groups is 1. The van der Waals surface area contributed by atoms with E-state index >= 15 is 0 Å². The highest BCUT2D eigenvalue weighted by molar-refractivity contribution is 6.05. The van der Waals surface area contributed by atoms with Crippen molar-refractivity contribution in [3.8, 4) is 11.1 Å². The van der Waals surface area contributed by atoms with Gasteiger partial charge in [-0.05, 0) is 36.6 Å². The average Bonchev–Trinajstić information content (AvgIpc) is 3.46. The number of rotatable bonds is 5. The van der Waals surface area contributed by atoms with Crippen molar-refractivity contribution in [2.45, 2.75) is 39.3 Å². The lowest BCUT2D eigenvalue weighted by atomic mass is 10.1. The summed E-state index contributed by atoms with van der Waals surface area (Å²) >= 11 is 0. The third kappa shape index (κ3) is 5.02. The second-order valence-corrected chi connectivity index (χ2v) is 8.14. The van der Waals surface area contributed by atoms with Crippen LogP contribution in [0.2, 0.25) is 0 Å². The summed E-state index contributed by atoms with van der Waals surface area (Å²) in [5.41, 5.74) is 4.04. The summed E-state index contributed by atoms with van der Waals surface area (Å²) in [6.07, 6.45) is 8.80. The minimum absolute atomic E-state index is 0.00386. The first kappa shape index (κ1) is 23.6. The molecule has 0 saturated carbocycles. The molecular formula is C26H30FN5O2. The van der Waals surface area contributed by atoms with E-state index in [1.807, 2.05) is 49.9 Å². The number of hydrogen-bond donors (Lipinski definition) is 1. The minimum atomic E-state index is -0.303. The molecule has 1 amide bonds. The van der Waals surface area contributed by atoms with Crippen molar-refractivity contribution >= 4 is 16.9 Å². The molecule has 34 heavy (non-hydrogen) atoms. The average molecular weight is 464 g/mol. The van der Waals surface area contributed by atoms with E-state index in [2.05, 4.69) is 15.4 Å². The number of fused-ring (bicyclic) bond motifs is 1. The largest absolute Gasteiger partial charge is 0.379 e. The first-order valence-corrected chi connectivity index (χ1v) is 11.7. The van der Waals surface area contributed by atoms with Gasteiger partial charge in [-0.1, -0.05) is 26.0 Å². The van der Waals surface area contributed by atoms with E-state index in [-0.39, 0.29) is 17.8 Å². The Bertz CT molecular complexity index is 1270. The predicted octanol–water partition coefficient (Wildman–Crippen LogP) is 4.56. The van der Waals surface area contributed by atoms with Gasteiger partial charge in [0.25, 0.3) is 5.91 Å². The molecule has 0 aliphatic carbocycles. The lowest BCUT2D eigenvalue weighted by Crippen LogP contribution is -2.40. The van der Waals surface area contributed by atoms with Gasteiger partial charge in [0, 0.05) is 43.4 Å². The molecule has 1 unspecified atom stereocenters. The van der Waals surface area contributed by atoms with Gasteiger partial charge in [-0.15, -0.1) is 0 Å². The quantitative estimate of drug-likeness (QED) is 0.471. The maximum Gasteiger partial charge on any atom is 0.255 e. The zero-order valence-corrected chi connectivity index (χ0v) is 19.8. The summed E-state index contributed by atoms with van der Waals surface area (Å²) < 4.78 is 24.0. The Morgan fingerprint density at radius 2 is 2.09 bits per heavy atom. The van der Waals surface area contributed by atoms with E-state index in [4.69, 9.17) is 4.74 Å². The van der Waals surface area contributed by atoms with Crippen LogP contribution >= 0.6 is 0 Å². The second-order valence-electron chi connectivity index (χ2n) is 8.14. The molecule has 8 heteroatoms. The fourth-order valence-corrected chi connectivity index (χ4v) is 4.15. The molecule has 4 aromatic rings. The van der Waals surface area contributed by atoms with Crippen molar-refractivity contribution in [2.24, 2.45) is 7.05 Å². The van der Waals surface area contributed by atoms with E-state index in [0.29, 0.717) is 29.8 Å². The van der Waals surface area contributed by atoms with Gasteiger partial charge in [0.1, 0.15) is 11.3 Å². The molecule has 1 saturated heterocycles. The molecule has 4 heterocycles. The number of pyridine rings is 1. The number of benzene rings is 1. The van der Waals surface area contributed by atoms with E-state index in [9.17, 15) is 9.18 Å². The summed E-state index contributed by atoms with van der Waals surface area (Å²) in [6.45, 7) is 5.55. The molecule has 1 aromatic carbocycles. The predicted molar refractivity (Wildman–Crippen MR) is 130 cm³/mol. The SMILES string of the molecule is CC.Cn1cc(-c2ccc(Cn3cc(C(=O)NC4CCCOC4)c4ncccc43)c(F)c2)cn1. The third-order valence-electron chi connectivity index (χ3n) is 5.81. The second kappa shape index (κ2) is 10.6. The number of halogens is 1. The topological polar surface area (TPSA) is 74.0 Å². The van der Waals surface area contributed by atoms with Crippen LogP contribution in [-0.4, -0.2) is 44.5 Å². The smallest absolute Gasteiger partial charge is 0.255 e. The number of amides is 1. The number of nitrogens with one attached hydrogen (secondary N) is 1. The van der Waals surface area contributed by atoms with E-state index in [0.717, 1.165) is 36.1 Å². The first-order valence-electron chi connectivity index (χ1n) is 11.7. The molecule has 1 aliphatic rings. The number of ether oxygens (including phenoxy) is 1. The molecule has 178 valence electrons. The van der Waals surface area contributed by atoms with E-state index in [1.54, 1.807) is 29.3 Å². The Kier molecular flexibility index (Phi) is 7.37. The van der Waals surface area contributed by atoms with Gasteiger partial charge in [-0.3, -0.25) is 14.5 Å². The van der Waals surface area contributed by atoms with Crippen LogP contribution in [0.5, 0.6) is 0 Å². The van der Waals surface area contributed by atoms with Gasteiger partial charge in [-0.2, -0.15) is 5.10 Å². The van der Waals surface area contributed by atoms with Crippen LogP contribution in [0.1, 0.15) is 42.6 Å². The summed E-state index contributed by atoms with van der Waals surface area (Å²) in [7, 11) is 1.83. The molecule has 0 bridgehead atoms. The molecule has 1 aliphatic heterocycles. The van der Waals surface area contributed by atoms with Crippen molar-refractivity contribution in [2.75, 3.05) is 13.2 Å². The molecular weight excluding hydrogens is 433 g/mol. The Labute approximate surface area is 198 Å². The van der Waals surface area contributed by atoms with Crippen molar-refractivity contribution in [1.82, 2.24) is 24.6 Å². The van der Waals surface area contributed by atoms with Crippen LogP contribution in [0.4, 0.5) is 4.39 Å². The van der Waals surface area contributed by atoms with Gasteiger partial charge < -0.3 is 14.6 Å². The number of nitrogens with zero attached hydrogens (tertiary/aromatic N) is 4. The van der Waals surface area contributed by atoms with Crippen LogP contribution in [0.25, 0.3) is 22.2 Å². The van der Waals surface area contributed by atoms with Crippen LogP contribution in [0.3, 0.4) is 0 Å². The highest BCUT2D eigenvalue weighted by Gasteiger charge is 2.21. The highest BCUT2D eigenvalue weighted by Crippen LogP contribution is 2.25. The molecule has 0 radical (unpaired) electrons. The number of hydrogen-bond acceptors (Lipinski definition) is 4. The molecule has 7 nitrogen and oxygen atoms in total. The van der Waals surface area contributed by atoms with Gasteiger partial charge in [0.15, 0.2) is 0 Å². The molecule has 1 N–H and O–H groups in total. The fourth-order valence-electron chi connectivity index (χ4n) is 4.15. The molecule has 5 rings (SSSR count). The first-order chi connectivity index (χ1) is 16.6. The monoisotopic (exact) mass is 463 g/mol.